The lowest BCUT2D eigenvalue weighted by Crippen LogP contribution is -2.31. The van der Waals surface area contributed by atoms with Gasteiger partial charge in [-0.1, -0.05) is 12.1 Å². The summed E-state index contributed by atoms with van der Waals surface area (Å²) in [5.41, 5.74) is 0.627. The molecule has 0 aromatic heterocycles. The van der Waals surface area contributed by atoms with Gasteiger partial charge in [0.1, 0.15) is 5.82 Å². The number of carboxylic acids is 1. The summed E-state index contributed by atoms with van der Waals surface area (Å²) >= 11 is 0. The van der Waals surface area contributed by atoms with E-state index in [0.717, 1.165) is 12.8 Å². The van der Waals surface area contributed by atoms with E-state index in [9.17, 15) is 19.1 Å². The van der Waals surface area contributed by atoms with Crippen LogP contribution in [0.3, 0.4) is 0 Å². The highest BCUT2D eigenvalue weighted by molar-refractivity contribution is 5.81. The average Bonchev–Trinajstić information content (AvgIpc) is 3.17. The summed E-state index contributed by atoms with van der Waals surface area (Å²) in [6.45, 7) is 0.806. The van der Waals surface area contributed by atoms with Gasteiger partial charge in [-0.15, -0.1) is 0 Å². The van der Waals surface area contributed by atoms with Crippen molar-refractivity contribution in [3.8, 4) is 0 Å². The van der Waals surface area contributed by atoms with Crippen LogP contribution in [0.25, 0.3) is 0 Å². The van der Waals surface area contributed by atoms with Gasteiger partial charge in [0.15, 0.2) is 0 Å². The number of aliphatic carboxylic acids is 1. The lowest BCUT2D eigenvalue weighted by Gasteiger charge is -2.16. The highest BCUT2D eigenvalue weighted by Crippen LogP contribution is 2.44. The monoisotopic (exact) mass is 291 g/mol. The first-order valence-corrected chi connectivity index (χ1v) is 7.29. The Bertz CT molecular complexity index is 570. The summed E-state index contributed by atoms with van der Waals surface area (Å²) in [5.74, 6) is -1.20. The predicted octanol–water partition coefficient (Wildman–Crippen LogP) is 1.94. The highest BCUT2D eigenvalue weighted by Gasteiger charge is 2.46. The quantitative estimate of drug-likeness (QED) is 0.922. The number of hydrogen-bond donors (Lipinski definition) is 1. The standard InChI is InChI=1S/C16H18FNO3/c17-12-3-1-2-10(6-12)7-15(19)18-8-13(11-4-5-11)14(9-18)16(20)21/h1-3,6,11,13-14H,4-5,7-9H2,(H,20,21)/t13-,14+/m1/s1. The first-order valence-electron chi connectivity index (χ1n) is 7.29. The second kappa shape index (κ2) is 5.47. The number of hydrogen-bond acceptors (Lipinski definition) is 2. The Hall–Kier alpha value is -1.91. The number of benzene rings is 1. The molecule has 1 aromatic rings. The molecule has 1 saturated heterocycles. The number of nitrogens with zero attached hydrogens (tertiary/aromatic N) is 1. The van der Waals surface area contributed by atoms with Crippen molar-refractivity contribution in [1.82, 2.24) is 4.90 Å². The molecule has 1 saturated carbocycles. The van der Waals surface area contributed by atoms with E-state index in [1.807, 2.05) is 0 Å². The van der Waals surface area contributed by atoms with Crippen molar-refractivity contribution in [3.63, 3.8) is 0 Å². The van der Waals surface area contributed by atoms with Crippen molar-refractivity contribution < 1.29 is 19.1 Å². The van der Waals surface area contributed by atoms with Crippen LogP contribution in [0.2, 0.25) is 0 Å². The van der Waals surface area contributed by atoms with Crippen molar-refractivity contribution in [2.75, 3.05) is 13.1 Å². The van der Waals surface area contributed by atoms with E-state index in [1.165, 1.54) is 12.1 Å². The Kier molecular flexibility index (Phi) is 3.66. The maximum Gasteiger partial charge on any atom is 0.308 e. The number of likely N-dealkylation sites (tertiary alicyclic amines) is 1. The van der Waals surface area contributed by atoms with Gasteiger partial charge in [-0.05, 0) is 42.4 Å². The molecule has 5 heteroatoms. The molecule has 1 N–H and O–H groups in total. The van der Waals surface area contributed by atoms with Gasteiger partial charge in [0.05, 0.1) is 12.3 Å². The molecule has 0 bridgehead atoms. The Morgan fingerprint density at radius 1 is 1.29 bits per heavy atom. The number of carbonyl (C=O) groups is 2. The molecule has 21 heavy (non-hydrogen) atoms. The molecule has 0 unspecified atom stereocenters. The predicted molar refractivity (Wildman–Crippen MR) is 74.0 cm³/mol. The van der Waals surface area contributed by atoms with Gasteiger partial charge in [0, 0.05) is 13.1 Å². The van der Waals surface area contributed by atoms with Crippen LogP contribution < -0.4 is 0 Å². The summed E-state index contributed by atoms with van der Waals surface area (Å²) in [6.07, 6.45) is 2.27. The van der Waals surface area contributed by atoms with Crippen LogP contribution in [-0.2, 0) is 16.0 Å². The van der Waals surface area contributed by atoms with Crippen molar-refractivity contribution in [3.05, 3.63) is 35.6 Å². The Labute approximate surface area is 122 Å². The summed E-state index contributed by atoms with van der Waals surface area (Å²) in [4.78, 5) is 25.3. The van der Waals surface area contributed by atoms with Crippen LogP contribution in [0.5, 0.6) is 0 Å². The topological polar surface area (TPSA) is 57.6 Å². The fourth-order valence-electron chi connectivity index (χ4n) is 3.23. The molecule has 0 spiro atoms. The minimum Gasteiger partial charge on any atom is -0.481 e. The van der Waals surface area contributed by atoms with E-state index in [2.05, 4.69) is 0 Å². The number of carbonyl (C=O) groups excluding carboxylic acids is 1. The minimum atomic E-state index is -0.812. The second-order valence-corrected chi connectivity index (χ2v) is 6.05. The van der Waals surface area contributed by atoms with E-state index in [-0.39, 0.29) is 30.6 Å². The molecule has 4 nitrogen and oxygen atoms in total. The zero-order valence-corrected chi connectivity index (χ0v) is 11.7. The number of halogens is 1. The van der Waals surface area contributed by atoms with Crippen molar-refractivity contribution in [1.29, 1.82) is 0 Å². The van der Waals surface area contributed by atoms with Crippen LogP contribution in [0.1, 0.15) is 18.4 Å². The summed E-state index contributed by atoms with van der Waals surface area (Å²) < 4.78 is 13.1. The van der Waals surface area contributed by atoms with E-state index < -0.39 is 11.9 Å². The SMILES string of the molecule is O=C(O)[C@H]1CN(C(=O)Cc2cccc(F)c2)C[C@@H]1C1CC1. The molecule has 2 fully saturated rings. The molecule has 112 valence electrons. The van der Waals surface area contributed by atoms with Crippen LogP contribution >= 0.6 is 0 Å². The zero-order chi connectivity index (χ0) is 15.0. The first kappa shape index (κ1) is 14.0. The number of amides is 1. The van der Waals surface area contributed by atoms with Crippen molar-refractivity contribution in [2.24, 2.45) is 17.8 Å². The average molecular weight is 291 g/mol. The molecule has 1 heterocycles. The van der Waals surface area contributed by atoms with Crippen LogP contribution in [0.4, 0.5) is 4.39 Å². The molecule has 3 rings (SSSR count). The lowest BCUT2D eigenvalue weighted by molar-refractivity contribution is -0.142. The van der Waals surface area contributed by atoms with Gasteiger partial charge in [0.2, 0.25) is 5.91 Å². The molecule has 1 aliphatic carbocycles. The molecule has 1 aliphatic heterocycles. The summed E-state index contributed by atoms with van der Waals surface area (Å²) in [5, 5.41) is 9.30. The third kappa shape index (κ3) is 3.06. The van der Waals surface area contributed by atoms with E-state index in [1.54, 1.807) is 17.0 Å². The van der Waals surface area contributed by atoms with Gasteiger partial charge < -0.3 is 10.0 Å². The molecule has 1 aromatic carbocycles. The van der Waals surface area contributed by atoms with E-state index >= 15 is 0 Å². The first-order chi connectivity index (χ1) is 10.0. The zero-order valence-electron chi connectivity index (χ0n) is 11.7. The van der Waals surface area contributed by atoms with Gasteiger partial charge in [-0.2, -0.15) is 0 Å². The summed E-state index contributed by atoms with van der Waals surface area (Å²) in [6, 6.07) is 5.98. The van der Waals surface area contributed by atoms with E-state index in [0.29, 0.717) is 18.0 Å². The smallest absolute Gasteiger partial charge is 0.308 e. The highest BCUT2D eigenvalue weighted by atomic mass is 19.1. The fourth-order valence-corrected chi connectivity index (χ4v) is 3.23. The second-order valence-electron chi connectivity index (χ2n) is 6.05. The summed E-state index contributed by atoms with van der Waals surface area (Å²) in [7, 11) is 0. The third-order valence-electron chi connectivity index (χ3n) is 4.51. The Morgan fingerprint density at radius 3 is 2.67 bits per heavy atom. The molecule has 0 radical (unpaired) electrons. The van der Waals surface area contributed by atoms with Crippen LogP contribution in [0.15, 0.2) is 24.3 Å². The minimum absolute atomic E-state index is 0.0824. The van der Waals surface area contributed by atoms with Crippen molar-refractivity contribution in [2.45, 2.75) is 19.3 Å². The molecular formula is C16H18FNO3. The normalized spacial score (nSPS) is 25.1. The Balaban J connectivity index is 1.66. The van der Waals surface area contributed by atoms with Crippen molar-refractivity contribution >= 4 is 11.9 Å². The van der Waals surface area contributed by atoms with Crippen LogP contribution in [0, 0.1) is 23.6 Å². The maximum absolute atomic E-state index is 13.1. The van der Waals surface area contributed by atoms with E-state index in [4.69, 9.17) is 0 Å². The maximum atomic E-state index is 13.1. The molecule has 2 atom stereocenters. The Morgan fingerprint density at radius 2 is 2.05 bits per heavy atom. The lowest BCUT2D eigenvalue weighted by atomic mass is 9.92. The van der Waals surface area contributed by atoms with Gasteiger partial charge in [-0.3, -0.25) is 9.59 Å². The van der Waals surface area contributed by atoms with Gasteiger partial charge in [0.25, 0.3) is 0 Å². The fraction of sp³-hybridized carbons (Fsp3) is 0.500. The largest absolute Gasteiger partial charge is 0.481 e. The van der Waals surface area contributed by atoms with Crippen LogP contribution in [-0.4, -0.2) is 35.0 Å². The van der Waals surface area contributed by atoms with Gasteiger partial charge in [-0.25, -0.2) is 4.39 Å². The molecule has 1 amide bonds. The number of carboxylic acid groups (broad SMARTS) is 1. The molecular weight excluding hydrogens is 273 g/mol. The molecule has 2 aliphatic rings. The third-order valence-corrected chi connectivity index (χ3v) is 4.51. The number of rotatable bonds is 4. The van der Waals surface area contributed by atoms with Gasteiger partial charge >= 0.3 is 5.97 Å².